The summed E-state index contributed by atoms with van der Waals surface area (Å²) in [7, 11) is -1.63. The van der Waals surface area contributed by atoms with Gasteiger partial charge >= 0.3 is 0 Å². The Balaban J connectivity index is 1.76. The van der Waals surface area contributed by atoms with Gasteiger partial charge in [0.25, 0.3) is 0 Å². The quantitative estimate of drug-likeness (QED) is 0.859. The monoisotopic (exact) mass is 346 g/mol. The summed E-state index contributed by atoms with van der Waals surface area (Å²) in [5.41, 5.74) is 0. The van der Waals surface area contributed by atoms with Crippen LogP contribution in [0.25, 0.3) is 0 Å². The fourth-order valence-electron chi connectivity index (χ4n) is 2.56. The fourth-order valence-corrected chi connectivity index (χ4v) is 6.86. The van der Waals surface area contributed by atoms with E-state index in [-0.39, 0.29) is 6.04 Å². The lowest BCUT2D eigenvalue weighted by Gasteiger charge is -2.22. The van der Waals surface area contributed by atoms with E-state index in [4.69, 9.17) is 0 Å². The van der Waals surface area contributed by atoms with Crippen LogP contribution in [0.4, 0.5) is 0 Å². The van der Waals surface area contributed by atoms with Gasteiger partial charge in [0.1, 0.15) is 0 Å². The van der Waals surface area contributed by atoms with Crippen LogP contribution < -0.4 is 5.32 Å². The van der Waals surface area contributed by atoms with Crippen LogP contribution in [0.2, 0.25) is 0 Å². The molecule has 1 N–H and O–H groups in total. The van der Waals surface area contributed by atoms with E-state index in [1.807, 2.05) is 24.8 Å². The molecule has 21 heavy (non-hydrogen) atoms. The van der Waals surface area contributed by atoms with Crippen molar-refractivity contribution < 1.29 is 8.42 Å². The van der Waals surface area contributed by atoms with E-state index in [0.29, 0.717) is 10.9 Å². The van der Waals surface area contributed by atoms with Crippen molar-refractivity contribution in [3.05, 3.63) is 15.8 Å². The van der Waals surface area contributed by atoms with Crippen molar-refractivity contribution in [1.29, 1.82) is 0 Å². The summed E-state index contributed by atoms with van der Waals surface area (Å²) in [6.07, 6.45) is 3.45. The lowest BCUT2D eigenvalue weighted by Crippen LogP contribution is -2.37. The highest BCUT2D eigenvalue weighted by molar-refractivity contribution is 7.99. The van der Waals surface area contributed by atoms with Crippen molar-refractivity contribution in [2.75, 3.05) is 18.6 Å². The van der Waals surface area contributed by atoms with E-state index in [2.05, 4.69) is 5.32 Å². The molecule has 0 amide bonds. The maximum Gasteiger partial charge on any atom is 0.244 e. The minimum Gasteiger partial charge on any atom is -0.309 e. The molecular formula is C14H22N2O2S3. The average molecular weight is 347 g/mol. The van der Waals surface area contributed by atoms with Crippen LogP contribution in [0, 0.1) is 6.92 Å². The number of sulfonamides is 1. The number of hydrogen-bond donors (Lipinski definition) is 1. The maximum absolute atomic E-state index is 12.8. The molecule has 1 aliphatic heterocycles. The summed E-state index contributed by atoms with van der Waals surface area (Å²) in [4.78, 5) is 2.52. The van der Waals surface area contributed by atoms with Crippen molar-refractivity contribution in [1.82, 2.24) is 9.62 Å². The molecule has 0 radical (unpaired) electrons. The molecule has 2 aliphatic rings. The van der Waals surface area contributed by atoms with Crippen LogP contribution in [0.1, 0.15) is 29.0 Å². The lowest BCUT2D eigenvalue weighted by atomic mass is 10.3. The molecule has 4 nitrogen and oxygen atoms in total. The molecule has 7 heteroatoms. The Morgan fingerprint density at radius 1 is 1.38 bits per heavy atom. The zero-order valence-electron chi connectivity index (χ0n) is 12.5. The van der Waals surface area contributed by atoms with Crippen LogP contribution in [-0.2, 0) is 16.6 Å². The molecule has 118 valence electrons. The highest BCUT2D eigenvalue weighted by Crippen LogP contribution is 2.32. The van der Waals surface area contributed by atoms with E-state index in [9.17, 15) is 8.42 Å². The number of aryl methyl sites for hydroxylation is 1. The maximum atomic E-state index is 12.8. The predicted molar refractivity (Wildman–Crippen MR) is 89.6 cm³/mol. The second kappa shape index (κ2) is 6.20. The average Bonchev–Trinajstić information content (AvgIpc) is 2.97. The molecule has 1 aliphatic carbocycles. The molecule has 1 aromatic heterocycles. The number of thiophene rings is 1. The van der Waals surface area contributed by atoms with E-state index in [0.717, 1.165) is 34.2 Å². The predicted octanol–water partition coefficient (Wildman–Crippen LogP) is 2.43. The summed E-state index contributed by atoms with van der Waals surface area (Å²) in [6, 6.07) is 2.65. The summed E-state index contributed by atoms with van der Waals surface area (Å²) < 4.78 is 27.2. The van der Waals surface area contributed by atoms with Crippen LogP contribution in [0.15, 0.2) is 11.0 Å². The molecule has 0 aromatic carbocycles. The summed E-state index contributed by atoms with van der Waals surface area (Å²) >= 11 is 3.43. The number of nitrogens with zero attached hydrogens (tertiary/aromatic N) is 1. The number of nitrogens with one attached hydrogen (secondary N) is 1. The van der Waals surface area contributed by atoms with Gasteiger partial charge in [-0.3, -0.25) is 0 Å². The first-order valence-corrected chi connectivity index (χ1v) is 10.8. The normalized spacial score (nSPS) is 23.1. The van der Waals surface area contributed by atoms with Gasteiger partial charge in [0.2, 0.25) is 10.0 Å². The number of hydrogen-bond acceptors (Lipinski definition) is 5. The minimum atomic E-state index is -3.35. The molecule has 1 atom stereocenters. The molecule has 0 bridgehead atoms. The molecule has 1 aromatic rings. The molecule has 2 heterocycles. The van der Waals surface area contributed by atoms with Gasteiger partial charge < -0.3 is 5.32 Å². The molecule has 1 saturated heterocycles. The molecule has 2 fully saturated rings. The Bertz CT molecular complexity index is 602. The third-order valence-electron chi connectivity index (χ3n) is 4.14. The smallest absolute Gasteiger partial charge is 0.244 e. The summed E-state index contributed by atoms with van der Waals surface area (Å²) in [5, 5.41) is 3.45. The standard InChI is InChI=1S/C14H22N2O2S3/c1-10-14(7-13(20-10)8-15-11-3-4-11)21(17,18)16(2)12-5-6-19-9-12/h7,11-12,15H,3-6,8-9H2,1-2H3. The van der Waals surface area contributed by atoms with Gasteiger partial charge in [0.15, 0.2) is 0 Å². The zero-order valence-corrected chi connectivity index (χ0v) is 14.9. The van der Waals surface area contributed by atoms with Gasteiger partial charge in [-0.05, 0) is 38.0 Å². The zero-order chi connectivity index (χ0) is 15.0. The van der Waals surface area contributed by atoms with Crippen molar-refractivity contribution in [3.8, 4) is 0 Å². The van der Waals surface area contributed by atoms with Crippen LogP contribution in [0.3, 0.4) is 0 Å². The summed E-state index contributed by atoms with van der Waals surface area (Å²) in [6.45, 7) is 2.70. The van der Waals surface area contributed by atoms with E-state index in [1.165, 1.54) is 12.8 Å². The first kappa shape index (κ1) is 15.8. The van der Waals surface area contributed by atoms with E-state index in [1.54, 1.807) is 22.7 Å². The second-order valence-electron chi connectivity index (χ2n) is 5.83. The first-order chi connectivity index (χ1) is 9.98. The van der Waals surface area contributed by atoms with Gasteiger partial charge in [-0.25, -0.2) is 8.42 Å². The Labute approximate surface area is 135 Å². The van der Waals surface area contributed by atoms with Gasteiger partial charge in [-0.1, -0.05) is 0 Å². The first-order valence-electron chi connectivity index (χ1n) is 7.37. The Morgan fingerprint density at radius 2 is 2.14 bits per heavy atom. The molecule has 1 unspecified atom stereocenters. The van der Waals surface area contributed by atoms with E-state index < -0.39 is 10.0 Å². The fraction of sp³-hybridized carbons (Fsp3) is 0.714. The Hall–Kier alpha value is -0.0800. The molecule has 3 rings (SSSR count). The largest absolute Gasteiger partial charge is 0.309 e. The topological polar surface area (TPSA) is 49.4 Å². The van der Waals surface area contributed by atoms with Crippen molar-refractivity contribution in [3.63, 3.8) is 0 Å². The Kier molecular flexibility index (Phi) is 4.66. The Morgan fingerprint density at radius 3 is 2.76 bits per heavy atom. The van der Waals surface area contributed by atoms with Gasteiger partial charge in [-0.15, -0.1) is 11.3 Å². The third-order valence-corrected chi connectivity index (χ3v) is 8.50. The van der Waals surface area contributed by atoms with Crippen molar-refractivity contribution in [2.45, 2.75) is 49.7 Å². The molecular weight excluding hydrogens is 324 g/mol. The van der Waals surface area contributed by atoms with Gasteiger partial charge in [0.05, 0.1) is 4.90 Å². The minimum absolute atomic E-state index is 0.146. The van der Waals surface area contributed by atoms with Crippen LogP contribution >= 0.6 is 23.1 Å². The van der Waals surface area contributed by atoms with Crippen molar-refractivity contribution >= 4 is 33.1 Å². The molecule has 0 spiro atoms. The van der Waals surface area contributed by atoms with Crippen LogP contribution in [0.5, 0.6) is 0 Å². The summed E-state index contributed by atoms with van der Waals surface area (Å²) in [5.74, 6) is 1.97. The highest BCUT2D eigenvalue weighted by atomic mass is 32.2. The van der Waals surface area contributed by atoms with Crippen LogP contribution in [-0.4, -0.2) is 43.4 Å². The number of rotatable bonds is 6. The molecule has 1 saturated carbocycles. The second-order valence-corrected chi connectivity index (χ2v) is 10.3. The van der Waals surface area contributed by atoms with Crippen molar-refractivity contribution in [2.24, 2.45) is 0 Å². The van der Waals surface area contributed by atoms with E-state index >= 15 is 0 Å². The lowest BCUT2D eigenvalue weighted by molar-refractivity contribution is 0.394. The van der Waals surface area contributed by atoms with Gasteiger partial charge in [0, 0.05) is 41.2 Å². The van der Waals surface area contributed by atoms with Gasteiger partial charge in [-0.2, -0.15) is 16.1 Å². The third kappa shape index (κ3) is 3.47. The highest BCUT2D eigenvalue weighted by Gasteiger charge is 2.32. The SMILES string of the molecule is Cc1sc(CNC2CC2)cc1S(=O)(=O)N(C)C1CCSC1. The number of thioether (sulfide) groups is 1.